The van der Waals surface area contributed by atoms with E-state index in [4.69, 9.17) is 0 Å². The van der Waals surface area contributed by atoms with E-state index < -0.39 is 5.97 Å². The van der Waals surface area contributed by atoms with E-state index in [0.29, 0.717) is 15.9 Å². The number of halogens is 2. The lowest BCUT2D eigenvalue weighted by molar-refractivity contribution is 0.0595. The third kappa shape index (κ3) is 2.36. The second-order valence-electron chi connectivity index (χ2n) is 3.26. The number of imidazole rings is 1. The molecular formula is C11H8BrFN2O2. The molecule has 0 amide bonds. The van der Waals surface area contributed by atoms with Gasteiger partial charge in [0, 0.05) is 10.0 Å². The molecule has 0 aliphatic rings. The van der Waals surface area contributed by atoms with Gasteiger partial charge in [0.15, 0.2) is 0 Å². The van der Waals surface area contributed by atoms with Crippen molar-refractivity contribution >= 4 is 21.9 Å². The predicted octanol–water partition coefficient (Wildman–Crippen LogP) is 2.76. The van der Waals surface area contributed by atoms with Crippen LogP contribution in [0.15, 0.2) is 28.9 Å². The van der Waals surface area contributed by atoms with Gasteiger partial charge in [-0.2, -0.15) is 0 Å². The number of aromatic nitrogens is 2. The predicted molar refractivity (Wildman–Crippen MR) is 63.0 cm³/mol. The maximum absolute atomic E-state index is 12.9. The standard InChI is InChI=1S/C11H8BrFN2O2/c1-17-11(16)9-5-14-10(15-9)7-3-2-6(13)4-8(7)12/h2-5H,1H3,(H,14,15). The monoisotopic (exact) mass is 298 g/mol. The third-order valence-corrected chi connectivity index (χ3v) is 2.82. The molecule has 88 valence electrons. The van der Waals surface area contributed by atoms with Crippen molar-refractivity contribution in [1.29, 1.82) is 0 Å². The minimum Gasteiger partial charge on any atom is -0.464 e. The van der Waals surface area contributed by atoms with Gasteiger partial charge >= 0.3 is 5.97 Å². The number of hydrogen-bond acceptors (Lipinski definition) is 3. The smallest absolute Gasteiger partial charge is 0.356 e. The number of ether oxygens (including phenoxy) is 1. The lowest BCUT2D eigenvalue weighted by atomic mass is 10.2. The molecule has 0 saturated carbocycles. The van der Waals surface area contributed by atoms with E-state index in [2.05, 4.69) is 30.6 Å². The zero-order chi connectivity index (χ0) is 12.4. The number of esters is 1. The van der Waals surface area contributed by atoms with Gasteiger partial charge in [0.2, 0.25) is 0 Å². The van der Waals surface area contributed by atoms with E-state index >= 15 is 0 Å². The molecule has 6 heteroatoms. The Balaban J connectivity index is 2.40. The Morgan fingerprint density at radius 2 is 2.29 bits per heavy atom. The Bertz CT molecular complexity index is 568. The number of nitrogens with zero attached hydrogens (tertiary/aromatic N) is 1. The van der Waals surface area contributed by atoms with E-state index in [1.807, 2.05) is 0 Å². The molecule has 1 heterocycles. The molecule has 1 N–H and O–H groups in total. The van der Waals surface area contributed by atoms with E-state index in [1.54, 1.807) is 6.07 Å². The van der Waals surface area contributed by atoms with Gasteiger partial charge in [-0.3, -0.25) is 0 Å². The Kier molecular flexibility index (Phi) is 3.23. The number of hydrogen-bond donors (Lipinski definition) is 1. The Morgan fingerprint density at radius 1 is 1.53 bits per heavy atom. The van der Waals surface area contributed by atoms with Crippen LogP contribution in [0.1, 0.15) is 10.5 Å². The van der Waals surface area contributed by atoms with Crippen LogP contribution < -0.4 is 0 Å². The summed E-state index contributed by atoms with van der Waals surface area (Å²) >= 11 is 3.23. The van der Waals surface area contributed by atoms with Gasteiger partial charge in [-0.05, 0) is 34.1 Å². The van der Waals surface area contributed by atoms with Crippen molar-refractivity contribution in [2.45, 2.75) is 0 Å². The number of carbonyl (C=O) groups is 1. The van der Waals surface area contributed by atoms with Crippen LogP contribution in [0.3, 0.4) is 0 Å². The average molecular weight is 299 g/mol. The number of H-pyrrole nitrogens is 1. The summed E-state index contributed by atoms with van der Waals surface area (Å²) in [4.78, 5) is 18.1. The van der Waals surface area contributed by atoms with Crippen LogP contribution in [0, 0.1) is 5.82 Å². The van der Waals surface area contributed by atoms with Crippen molar-refractivity contribution in [3.63, 3.8) is 0 Å². The van der Waals surface area contributed by atoms with Crippen LogP contribution in [-0.4, -0.2) is 23.0 Å². The van der Waals surface area contributed by atoms with E-state index in [9.17, 15) is 9.18 Å². The molecule has 0 atom stereocenters. The van der Waals surface area contributed by atoms with Gasteiger partial charge in [0.25, 0.3) is 0 Å². The molecule has 0 radical (unpaired) electrons. The van der Waals surface area contributed by atoms with Crippen molar-refractivity contribution < 1.29 is 13.9 Å². The SMILES string of the molecule is COC(=O)c1cnc(-c2ccc(F)cc2Br)[nH]1. The molecule has 1 aromatic heterocycles. The second kappa shape index (κ2) is 4.67. The van der Waals surface area contributed by atoms with Gasteiger partial charge < -0.3 is 9.72 Å². The van der Waals surface area contributed by atoms with Crippen LogP contribution >= 0.6 is 15.9 Å². The molecule has 0 aliphatic heterocycles. The van der Waals surface area contributed by atoms with Crippen molar-refractivity contribution in [2.75, 3.05) is 7.11 Å². The van der Waals surface area contributed by atoms with E-state index in [1.165, 1.54) is 25.4 Å². The highest BCUT2D eigenvalue weighted by Crippen LogP contribution is 2.26. The van der Waals surface area contributed by atoms with E-state index in [-0.39, 0.29) is 11.5 Å². The second-order valence-corrected chi connectivity index (χ2v) is 4.12. The maximum Gasteiger partial charge on any atom is 0.356 e. The molecule has 2 aromatic rings. The Morgan fingerprint density at radius 3 is 2.94 bits per heavy atom. The highest BCUT2D eigenvalue weighted by Gasteiger charge is 2.12. The number of carbonyl (C=O) groups excluding carboxylic acids is 1. The number of benzene rings is 1. The third-order valence-electron chi connectivity index (χ3n) is 2.17. The molecule has 1 aromatic carbocycles. The first-order valence-corrected chi connectivity index (χ1v) is 5.50. The summed E-state index contributed by atoms with van der Waals surface area (Å²) in [6.45, 7) is 0. The fraction of sp³-hybridized carbons (Fsp3) is 0.0909. The van der Waals surface area contributed by atoms with Crippen LogP contribution in [0.25, 0.3) is 11.4 Å². The quantitative estimate of drug-likeness (QED) is 0.868. The minimum atomic E-state index is -0.498. The number of methoxy groups -OCH3 is 1. The summed E-state index contributed by atoms with van der Waals surface area (Å²) in [5, 5.41) is 0. The Hall–Kier alpha value is -1.69. The summed E-state index contributed by atoms with van der Waals surface area (Å²) < 4.78 is 18.0. The molecule has 4 nitrogen and oxygen atoms in total. The molecule has 0 spiro atoms. The fourth-order valence-corrected chi connectivity index (χ4v) is 1.89. The normalized spacial score (nSPS) is 10.3. The number of rotatable bonds is 2. The Labute approximate surface area is 105 Å². The summed E-state index contributed by atoms with van der Waals surface area (Å²) in [5.41, 5.74) is 0.917. The first kappa shape index (κ1) is 11.8. The summed E-state index contributed by atoms with van der Waals surface area (Å²) in [5.74, 6) is -0.375. The zero-order valence-corrected chi connectivity index (χ0v) is 10.4. The molecule has 0 bridgehead atoms. The van der Waals surface area contributed by atoms with Gasteiger partial charge in [-0.1, -0.05) is 0 Å². The van der Waals surface area contributed by atoms with Crippen LogP contribution in [0.2, 0.25) is 0 Å². The van der Waals surface area contributed by atoms with Crippen molar-refractivity contribution in [3.8, 4) is 11.4 Å². The van der Waals surface area contributed by atoms with Gasteiger partial charge in [0.05, 0.1) is 13.3 Å². The molecular weight excluding hydrogens is 291 g/mol. The molecule has 17 heavy (non-hydrogen) atoms. The largest absolute Gasteiger partial charge is 0.464 e. The van der Waals surface area contributed by atoms with Gasteiger partial charge in [-0.25, -0.2) is 14.2 Å². The average Bonchev–Trinajstić information content (AvgIpc) is 2.77. The highest BCUT2D eigenvalue weighted by atomic mass is 79.9. The molecule has 0 saturated heterocycles. The van der Waals surface area contributed by atoms with Gasteiger partial charge in [-0.15, -0.1) is 0 Å². The lowest BCUT2D eigenvalue weighted by Crippen LogP contribution is -2.00. The highest BCUT2D eigenvalue weighted by molar-refractivity contribution is 9.10. The topological polar surface area (TPSA) is 55.0 Å². The zero-order valence-electron chi connectivity index (χ0n) is 8.83. The van der Waals surface area contributed by atoms with Gasteiger partial charge in [0.1, 0.15) is 17.3 Å². The minimum absolute atomic E-state index is 0.249. The van der Waals surface area contributed by atoms with Crippen LogP contribution in [-0.2, 0) is 4.74 Å². The first-order valence-electron chi connectivity index (χ1n) is 4.70. The first-order chi connectivity index (χ1) is 8.11. The summed E-state index contributed by atoms with van der Waals surface area (Å²) in [6.07, 6.45) is 1.37. The maximum atomic E-state index is 12.9. The summed E-state index contributed by atoms with van der Waals surface area (Å²) in [7, 11) is 1.29. The number of aromatic amines is 1. The van der Waals surface area contributed by atoms with Crippen LogP contribution in [0.4, 0.5) is 4.39 Å². The fourth-order valence-electron chi connectivity index (χ4n) is 1.35. The summed E-state index contributed by atoms with van der Waals surface area (Å²) in [6, 6.07) is 4.22. The van der Waals surface area contributed by atoms with E-state index in [0.717, 1.165) is 0 Å². The molecule has 0 unspecified atom stereocenters. The lowest BCUT2D eigenvalue weighted by Gasteiger charge is -2.00. The number of nitrogens with one attached hydrogen (secondary N) is 1. The van der Waals surface area contributed by atoms with Crippen molar-refractivity contribution in [3.05, 3.63) is 40.4 Å². The van der Waals surface area contributed by atoms with Crippen molar-refractivity contribution in [2.24, 2.45) is 0 Å². The molecule has 2 rings (SSSR count). The van der Waals surface area contributed by atoms with Crippen LogP contribution in [0.5, 0.6) is 0 Å². The molecule has 0 aliphatic carbocycles. The van der Waals surface area contributed by atoms with Crippen molar-refractivity contribution in [1.82, 2.24) is 9.97 Å². The molecule has 0 fully saturated rings.